The number of hydrogen-bond acceptors (Lipinski definition) is 4. The summed E-state index contributed by atoms with van der Waals surface area (Å²) in [6.45, 7) is 4.76. The number of nitrogens with two attached hydrogens (primary N) is 1. The van der Waals surface area contributed by atoms with Gasteiger partial charge in [0.05, 0.1) is 33.0 Å². The van der Waals surface area contributed by atoms with Gasteiger partial charge in [0.1, 0.15) is 0 Å². The first kappa shape index (κ1) is 15.2. The molecule has 1 heterocycles. The van der Waals surface area contributed by atoms with Crippen molar-refractivity contribution < 1.29 is 14.2 Å². The molecule has 18 heavy (non-hydrogen) atoms. The Kier molecular flexibility index (Phi) is 8.50. The van der Waals surface area contributed by atoms with Crippen LogP contribution in [-0.4, -0.2) is 51.3 Å². The van der Waals surface area contributed by atoms with E-state index in [1.807, 2.05) is 0 Å². The molecule has 1 aromatic heterocycles. The first-order valence-electron chi connectivity index (χ1n) is 6.36. The smallest absolute Gasteiger partial charge is 0.0701 e. The van der Waals surface area contributed by atoms with Crippen molar-refractivity contribution in [3.05, 3.63) is 24.0 Å². The van der Waals surface area contributed by atoms with Crippen LogP contribution in [0.15, 0.2) is 18.5 Å². The van der Waals surface area contributed by atoms with Crippen LogP contribution in [0, 0.1) is 0 Å². The maximum atomic E-state index is 5.50. The van der Waals surface area contributed by atoms with Gasteiger partial charge >= 0.3 is 0 Å². The van der Waals surface area contributed by atoms with Crippen LogP contribution in [0.2, 0.25) is 0 Å². The highest BCUT2D eigenvalue weighted by Gasteiger charge is 1.96. The summed E-state index contributed by atoms with van der Waals surface area (Å²) < 4.78 is 17.8. The standard InChI is InChI=1S/C13H24N2O3/c1-16-8-9-18-11-10-17-7-6-15-5-3-13(12-15)2-4-14/h3,5,12H,2,4,6-11,14H2,1H3. The molecule has 0 radical (unpaired) electrons. The highest BCUT2D eigenvalue weighted by molar-refractivity contribution is 5.10. The largest absolute Gasteiger partial charge is 0.382 e. The molecular formula is C13H24N2O3. The summed E-state index contributed by atoms with van der Waals surface area (Å²) in [7, 11) is 1.66. The fourth-order valence-electron chi connectivity index (χ4n) is 1.58. The third-order valence-electron chi connectivity index (χ3n) is 2.54. The molecule has 0 fully saturated rings. The highest BCUT2D eigenvalue weighted by Crippen LogP contribution is 2.01. The van der Waals surface area contributed by atoms with E-state index >= 15 is 0 Å². The summed E-state index contributed by atoms with van der Waals surface area (Å²) in [6, 6.07) is 2.10. The predicted octanol–water partition coefficient (Wildman–Crippen LogP) is 0.669. The molecule has 5 nitrogen and oxygen atoms in total. The summed E-state index contributed by atoms with van der Waals surface area (Å²) in [4.78, 5) is 0. The SMILES string of the molecule is COCCOCCOCCn1ccc(CCN)c1. The Balaban J connectivity index is 1.96. The van der Waals surface area contributed by atoms with Gasteiger partial charge in [0.15, 0.2) is 0 Å². The molecular weight excluding hydrogens is 232 g/mol. The Labute approximate surface area is 109 Å². The second-order valence-corrected chi connectivity index (χ2v) is 4.01. The van der Waals surface area contributed by atoms with Crippen molar-refractivity contribution >= 4 is 0 Å². The fourth-order valence-corrected chi connectivity index (χ4v) is 1.58. The van der Waals surface area contributed by atoms with Gasteiger partial charge in [-0.05, 0) is 24.6 Å². The number of ether oxygens (including phenoxy) is 3. The van der Waals surface area contributed by atoms with Gasteiger partial charge in [0.25, 0.3) is 0 Å². The lowest BCUT2D eigenvalue weighted by atomic mass is 10.2. The topological polar surface area (TPSA) is 58.6 Å². The molecule has 0 bridgehead atoms. The second kappa shape index (κ2) is 10.1. The number of methoxy groups -OCH3 is 1. The van der Waals surface area contributed by atoms with Gasteiger partial charge < -0.3 is 24.5 Å². The van der Waals surface area contributed by atoms with E-state index in [-0.39, 0.29) is 0 Å². The minimum atomic E-state index is 0.619. The van der Waals surface area contributed by atoms with Crippen LogP contribution >= 0.6 is 0 Å². The second-order valence-electron chi connectivity index (χ2n) is 4.01. The molecule has 2 N–H and O–H groups in total. The Bertz CT molecular complexity index is 302. The van der Waals surface area contributed by atoms with Crippen molar-refractivity contribution in [3.63, 3.8) is 0 Å². The van der Waals surface area contributed by atoms with Crippen LogP contribution in [0.5, 0.6) is 0 Å². The minimum Gasteiger partial charge on any atom is -0.382 e. The van der Waals surface area contributed by atoms with Crippen molar-refractivity contribution in [2.24, 2.45) is 5.73 Å². The molecule has 0 unspecified atom stereocenters. The van der Waals surface area contributed by atoms with Crippen LogP contribution in [0.4, 0.5) is 0 Å². The van der Waals surface area contributed by atoms with Crippen LogP contribution in [0.1, 0.15) is 5.56 Å². The molecule has 0 aliphatic carbocycles. The molecule has 0 amide bonds. The van der Waals surface area contributed by atoms with Crippen LogP contribution < -0.4 is 5.73 Å². The van der Waals surface area contributed by atoms with Crippen molar-refractivity contribution in [3.8, 4) is 0 Å². The van der Waals surface area contributed by atoms with E-state index in [0.29, 0.717) is 39.6 Å². The molecule has 1 aromatic rings. The minimum absolute atomic E-state index is 0.619. The summed E-state index contributed by atoms with van der Waals surface area (Å²) in [6.07, 6.45) is 5.11. The molecule has 0 saturated heterocycles. The summed E-state index contributed by atoms with van der Waals surface area (Å²) >= 11 is 0. The molecule has 0 aliphatic heterocycles. The predicted molar refractivity (Wildman–Crippen MR) is 70.7 cm³/mol. The summed E-state index contributed by atoms with van der Waals surface area (Å²) in [5.74, 6) is 0. The van der Waals surface area contributed by atoms with E-state index in [0.717, 1.165) is 13.0 Å². The van der Waals surface area contributed by atoms with E-state index in [1.54, 1.807) is 7.11 Å². The van der Waals surface area contributed by atoms with Gasteiger partial charge in [-0.2, -0.15) is 0 Å². The zero-order chi connectivity index (χ0) is 13.1. The third kappa shape index (κ3) is 6.76. The highest BCUT2D eigenvalue weighted by atomic mass is 16.5. The number of aromatic nitrogens is 1. The van der Waals surface area contributed by atoms with Gasteiger partial charge in [0, 0.05) is 26.0 Å². The van der Waals surface area contributed by atoms with E-state index in [9.17, 15) is 0 Å². The lowest BCUT2D eigenvalue weighted by Crippen LogP contribution is -2.11. The average molecular weight is 256 g/mol. The number of rotatable bonds is 11. The Hall–Kier alpha value is -0.880. The van der Waals surface area contributed by atoms with E-state index < -0.39 is 0 Å². The average Bonchev–Trinajstić information content (AvgIpc) is 2.81. The maximum absolute atomic E-state index is 5.50. The van der Waals surface area contributed by atoms with Crippen LogP contribution in [0.3, 0.4) is 0 Å². The lowest BCUT2D eigenvalue weighted by molar-refractivity contribution is 0.0230. The van der Waals surface area contributed by atoms with Crippen molar-refractivity contribution in [2.45, 2.75) is 13.0 Å². The van der Waals surface area contributed by atoms with Gasteiger partial charge in [-0.25, -0.2) is 0 Å². The summed E-state index contributed by atoms with van der Waals surface area (Å²) in [5.41, 5.74) is 6.78. The Morgan fingerprint density at radius 2 is 1.83 bits per heavy atom. The van der Waals surface area contributed by atoms with Crippen molar-refractivity contribution in [1.82, 2.24) is 4.57 Å². The monoisotopic (exact) mass is 256 g/mol. The van der Waals surface area contributed by atoms with Crippen LogP contribution in [-0.2, 0) is 27.2 Å². The molecule has 0 aromatic carbocycles. The lowest BCUT2D eigenvalue weighted by Gasteiger charge is -2.06. The zero-order valence-corrected chi connectivity index (χ0v) is 11.1. The van der Waals surface area contributed by atoms with E-state index in [1.165, 1.54) is 5.56 Å². The molecule has 5 heteroatoms. The van der Waals surface area contributed by atoms with Gasteiger partial charge in [0.2, 0.25) is 0 Å². The Morgan fingerprint density at radius 1 is 1.11 bits per heavy atom. The first-order valence-corrected chi connectivity index (χ1v) is 6.36. The van der Waals surface area contributed by atoms with E-state index in [2.05, 4.69) is 23.0 Å². The maximum Gasteiger partial charge on any atom is 0.0701 e. The number of hydrogen-bond donors (Lipinski definition) is 1. The molecule has 1 rings (SSSR count). The van der Waals surface area contributed by atoms with Crippen molar-refractivity contribution in [2.75, 3.05) is 46.7 Å². The molecule has 104 valence electrons. The molecule has 0 saturated carbocycles. The molecule has 0 aliphatic rings. The van der Waals surface area contributed by atoms with E-state index in [4.69, 9.17) is 19.9 Å². The molecule has 0 spiro atoms. The van der Waals surface area contributed by atoms with Crippen LogP contribution in [0.25, 0.3) is 0 Å². The third-order valence-corrected chi connectivity index (χ3v) is 2.54. The quantitative estimate of drug-likeness (QED) is 0.591. The molecule has 0 atom stereocenters. The van der Waals surface area contributed by atoms with Gasteiger partial charge in [-0.1, -0.05) is 0 Å². The van der Waals surface area contributed by atoms with Crippen molar-refractivity contribution in [1.29, 1.82) is 0 Å². The number of nitrogens with zero attached hydrogens (tertiary/aromatic N) is 1. The Morgan fingerprint density at radius 3 is 2.56 bits per heavy atom. The fraction of sp³-hybridized carbons (Fsp3) is 0.692. The summed E-state index contributed by atoms with van der Waals surface area (Å²) in [5, 5.41) is 0. The van der Waals surface area contributed by atoms with Gasteiger partial charge in [-0.3, -0.25) is 0 Å². The first-order chi connectivity index (χ1) is 8.86. The normalized spacial score (nSPS) is 11.0. The zero-order valence-electron chi connectivity index (χ0n) is 11.1. The van der Waals surface area contributed by atoms with Gasteiger partial charge in [-0.15, -0.1) is 0 Å².